The van der Waals surface area contributed by atoms with Crippen molar-refractivity contribution in [1.82, 2.24) is 0 Å². The molecule has 0 saturated heterocycles. The molecule has 0 N–H and O–H groups in total. The third-order valence-corrected chi connectivity index (χ3v) is 4.02. The fourth-order valence-corrected chi connectivity index (χ4v) is 2.81. The van der Waals surface area contributed by atoms with Gasteiger partial charge in [-0.2, -0.15) is 0 Å². The Bertz CT molecular complexity index is 424. The summed E-state index contributed by atoms with van der Waals surface area (Å²) in [6.07, 6.45) is 1.08. The van der Waals surface area contributed by atoms with Crippen LogP contribution in [0.1, 0.15) is 52.2 Å². The Morgan fingerprint density at radius 2 is 1.88 bits per heavy atom. The summed E-state index contributed by atoms with van der Waals surface area (Å²) in [5.41, 5.74) is 2.95. The lowest BCUT2D eigenvalue weighted by Crippen LogP contribution is -2.29. The summed E-state index contributed by atoms with van der Waals surface area (Å²) >= 11 is 3.63. The van der Waals surface area contributed by atoms with Gasteiger partial charge >= 0.3 is 0 Å². The fraction of sp³-hybridized carbons (Fsp3) is 0.600. The second kappa shape index (κ2) is 4.01. The number of hydrogen-bond donors (Lipinski definition) is 0. The van der Waals surface area contributed by atoms with Crippen molar-refractivity contribution in [3.05, 3.63) is 27.7 Å². The molecule has 2 heteroatoms. The molecule has 0 unspecified atom stereocenters. The van der Waals surface area contributed by atoms with Crippen LogP contribution in [0.3, 0.4) is 0 Å². The first kappa shape index (κ1) is 12.9. The molecule has 0 amide bonds. The molecular weight excluding hydrogens is 276 g/mol. The first-order chi connectivity index (χ1) is 7.72. The SMILES string of the molecule is CC(C)(C)c1cc(Br)cc2c1OCCC2(C)C. The molecule has 94 valence electrons. The van der Waals surface area contributed by atoms with Crippen molar-refractivity contribution in [2.45, 2.75) is 51.9 Å². The van der Waals surface area contributed by atoms with Crippen LogP contribution in [0.4, 0.5) is 0 Å². The van der Waals surface area contributed by atoms with Crippen molar-refractivity contribution in [2.24, 2.45) is 0 Å². The minimum atomic E-state index is 0.112. The molecule has 1 nitrogen and oxygen atoms in total. The summed E-state index contributed by atoms with van der Waals surface area (Å²) in [5.74, 6) is 1.11. The highest BCUT2D eigenvalue weighted by Gasteiger charge is 2.33. The Hall–Kier alpha value is -0.500. The average Bonchev–Trinajstić information content (AvgIpc) is 2.16. The van der Waals surface area contributed by atoms with E-state index >= 15 is 0 Å². The zero-order valence-corrected chi connectivity index (χ0v) is 12.9. The van der Waals surface area contributed by atoms with Crippen molar-refractivity contribution < 1.29 is 4.74 Å². The summed E-state index contributed by atoms with van der Waals surface area (Å²) < 4.78 is 7.10. The van der Waals surface area contributed by atoms with Crippen LogP contribution in [0.2, 0.25) is 0 Å². The molecule has 0 fully saturated rings. The number of fused-ring (bicyclic) bond motifs is 1. The molecule has 17 heavy (non-hydrogen) atoms. The number of hydrogen-bond acceptors (Lipinski definition) is 1. The van der Waals surface area contributed by atoms with Crippen LogP contribution in [0.5, 0.6) is 5.75 Å². The van der Waals surface area contributed by atoms with Gasteiger partial charge in [0.15, 0.2) is 0 Å². The summed E-state index contributed by atoms with van der Waals surface area (Å²) in [7, 11) is 0. The van der Waals surface area contributed by atoms with E-state index in [-0.39, 0.29) is 10.8 Å². The third-order valence-electron chi connectivity index (χ3n) is 3.56. The zero-order valence-electron chi connectivity index (χ0n) is 11.4. The predicted molar refractivity (Wildman–Crippen MR) is 76.0 cm³/mol. The van der Waals surface area contributed by atoms with Crippen LogP contribution in [0.25, 0.3) is 0 Å². The molecule has 1 heterocycles. The highest BCUT2D eigenvalue weighted by molar-refractivity contribution is 9.10. The first-order valence-corrected chi connectivity index (χ1v) is 6.98. The van der Waals surface area contributed by atoms with Crippen molar-refractivity contribution in [1.29, 1.82) is 0 Å². The highest BCUT2D eigenvalue weighted by Crippen LogP contribution is 2.45. The van der Waals surface area contributed by atoms with E-state index in [0.717, 1.165) is 23.2 Å². The molecule has 1 aliphatic rings. The van der Waals surface area contributed by atoms with E-state index < -0.39 is 0 Å². The number of halogens is 1. The molecule has 0 radical (unpaired) electrons. The van der Waals surface area contributed by atoms with Gasteiger partial charge in [-0.05, 0) is 29.4 Å². The summed E-state index contributed by atoms with van der Waals surface area (Å²) in [6, 6.07) is 4.41. The lowest BCUT2D eigenvalue weighted by atomic mass is 9.76. The van der Waals surface area contributed by atoms with Crippen molar-refractivity contribution in [3.63, 3.8) is 0 Å². The quantitative estimate of drug-likeness (QED) is 0.668. The molecule has 1 aromatic carbocycles. The Morgan fingerprint density at radius 1 is 1.24 bits per heavy atom. The highest BCUT2D eigenvalue weighted by atomic mass is 79.9. The Labute approximate surface area is 113 Å². The molecule has 0 saturated carbocycles. The van der Waals surface area contributed by atoms with Gasteiger partial charge in [0.25, 0.3) is 0 Å². The second-order valence-electron chi connectivity index (χ2n) is 6.56. The number of ether oxygens (including phenoxy) is 1. The smallest absolute Gasteiger partial charge is 0.126 e. The van der Waals surface area contributed by atoms with E-state index in [2.05, 4.69) is 62.7 Å². The molecule has 1 aromatic rings. The van der Waals surface area contributed by atoms with Crippen LogP contribution < -0.4 is 4.74 Å². The molecule has 0 aromatic heterocycles. The average molecular weight is 297 g/mol. The maximum Gasteiger partial charge on any atom is 0.126 e. The van der Waals surface area contributed by atoms with Gasteiger partial charge in [-0.25, -0.2) is 0 Å². The van der Waals surface area contributed by atoms with E-state index in [1.807, 2.05) is 0 Å². The Kier molecular flexibility index (Phi) is 3.05. The van der Waals surface area contributed by atoms with Gasteiger partial charge in [0.1, 0.15) is 5.75 Å². The molecule has 0 atom stereocenters. The molecule has 0 bridgehead atoms. The molecule has 2 rings (SSSR count). The fourth-order valence-electron chi connectivity index (χ4n) is 2.35. The summed E-state index contributed by atoms with van der Waals surface area (Å²) in [5, 5.41) is 0. The van der Waals surface area contributed by atoms with Crippen molar-refractivity contribution in [2.75, 3.05) is 6.61 Å². The van der Waals surface area contributed by atoms with Gasteiger partial charge in [0, 0.05) is 15.6 Å². The maximum atomic E-state index is 5.95. The van der Waals surface area contributed by atoms with Gasteiger partial charge in [0.05, 0.1) is 6.61 Å². The number of rotatable bonds is 0. The van der Waals surface area contributed by atoms with Gasteiger partial charge in [-0.15, -0.1) is 0 Å². The van der Waals surface area contributed by atoms with E-state index in [1.54, 1.807) is 0 Å². The topological polar surface area (TPSA) is 9.23 Å². The summed E-state index contributed by atoms with van der Waals surface area (Å²) in [4.78, 5) is 0. The minimum absolute atomic E-state index is 0.112. The normalized spacial score (nSPS) is 18.5. The van der Waals surface area contributed by atoms with Gasteiger partial charge in [0.2, 0.25) is 0 Å². The Balaban J connectivity index is 2.68. The van der Waals surface area contributed by atoms with Gasteiger partial charge < -0.3 is 4.74 Å². The summed E-state index contributed by atoms with van der Waals surface area (Å²) in [6.45, 7) is 12.1. The van der Waals surface area contributed by atoms with Crippen LogP contribution in [0, 0.1) is 0 Å². The van der Waals surface area contributed by atoms with Crippen LogP contribution in [-0.2, 0) is 10.8 Å². The molecular formula is C15H21BrO. The molecule has 0 spiro atoms. The van der Waals surface area contributed by atoms with Crippen LogP contribution in [-0.4, -0.2) is 6.61 Å². The second-order valence-corrected chi connectivity index (χ2v) is 7.48. The number of benzene rings is 1. The first-order valence-electron chi connectivity index (χ1n) is 6.19. The van der Waals surface area contributed by atoms with E-state index in [0.29, 0.717) is 0 Å². The lowest BCUT2D eigenvalue weighted by molar-refractivity contribution is 0.228. The molecule has 0 aliphatic carbocycles. The van der Waals surface area contributed by atoms with E-state index in [1.165, 1.54) is 11.1 Å². The van der Waals surface area contributed by atoms with Gasteiger partial charge in [-0.1, -0.05) is 50.5 Å². The largest absolute Gasteiger partial charge is 0.493 e. The van der Waals surface area contributed by atoms with Crippen LogP contribution >= 0.6 is 15.9 Å². The van der Waals surface area contributed by atoms with Crippen LogP contribution in [0.15, 0.2) is 16.6 Å². The monoisotopic (exact) mass is 296 g/mol. The Morgan fingerprint density at radius 3 is 2.47 bits per heavy atom. The zero-order chi connectivity index (χ0) is 12.8. The minimum Gasteiger partial charge on any atom is -0.493 e. The lowest BCUT2D eigenvalue weighted by Gasteiger charge is -2.36. The van der Waals surface area contributed by atoms with Crippen molar-refractivity contribution in [3.8, 4) is 5.75 Å². The van der Waals surface area contributed by atoms with Crippen molar-refractivity contribution >= 4 is 15.9 Å². The van der Waals surface area contributed by atoms with Gasteiger partial charge in [-0.3, -0.25) is 0 Å². The maximum absolute atomic E-state index is 5.95. The van der Waals surface area contributed by atoms with E-state index in [9.17, 15) is 0 Å². The molecule has 1 aliphatic heterocycles. The van der Waals surface area contributed by atoms with E-state index in [4.69, 9.17) is 4.74 Å². The predicted octanol–water partition coefficient (Wildman–Crippen LogP) is 4.81. The third kappa shape index (κ3) is 2.37. The standard InChI is InChI=1S/C15H21BrO/c1-14(2,3)11-8-10(16)9-12-13(11)17-7-6-15(12,4)5/h8-9H,6-7H2,1-5H3.